The summed E-state index contributed by atoms with van der Waals surface area (Å²) in [6.07, 6.45) is 7.88. The average molecular weight is 159 g/mol. The van der Waals surface area contributed by atoms with E-state index in [9.17, 15) is 0 Å². The maximum atomic E-state index is 8.42. The SMILES string of the molecule is C=C(C)C1C=C/C(=C/C#N)CC1. The van der Waals surface area contributed by atoms with Crippen molar-refractivity contribution in [3.63, 3.8) is 0 Å². The number of hydrogen-bond acceptors (Lipinski definition) is 1. The van der Waals surface area contributed by atoms with Crippen LogP contribution < -0.4 is 0 Å². The highest BCUT2D eigenvalue weighted by Crippen LogP contribution is 2.25. The van der Waals surface area contributed by atoms with Crippen LogP contribution in [0.5, 0.6) is 0 Å². The molecule has 1 rings (SSSR count). The van der Waals surface area contributed by atoms with E-state index in [1.165, 1.54) is 5.57 Å². The molecule has 0 aromatic heterocycles. The molecule has 0 radical (unpaired) electrons. The van der Waals surface area contributed by atoms with E-state index in [0.717, 1.165) is 18.4 Å². The van der Waals surface area contributed by atoms with Gasteiger partial charge in [-0.25, -0.2) is 0 Å². The Bertz CT molecular complexity index is 276. The Morgan fingerprint density at radius 2 is 2.58 bits per heavy atom. The summed E-state index contributed by atoms with van der Waals surface area (Å²) in [6, 6.07) is 2.05. The van der Waals surface area contributed by atoms with E-state index >= 15 is 0 Å². The van der Waals surface area contributed by atoms with Gasteiger partial charge in [0, 0.05) is 6.08 Å². The van der Waals surface area contributed by atoms with Gasteiger partial charge in [0.15, 0.2) is 0 Å². The van der Waals surface area contributed by atoms with Crippen molar-refractivity contribution >= 4 is 0 Å². The predicted molar refractivity (Wildman–Crippen MR) is 50.4 cm³/mol. The largest absolute Gasteiger partial charge is 0.193 e. The fourth-order valence-corrected chi connectivity index (χ4v) is 1.36. The average Bonchev–Trinajstić information content (AvgIpc) is 2.06. The van der Waals surface area contributed by atoms with Gasteiger partial charge in [0.05, 0.1) is 6.07 Å². The number of rotatable bonds is 1. The van der Waals surface area contributed by atoms with Crippen LogP contribution in [0.25, 0.3) is 0 Å². The molecule has 62 valence electrons. The maximum absolute atomic E-state index is 8.42. The van der Waals surface area contributed by atoms with Crippen molar-refractivity contribution in [3.05, 3.63) is 36.0 Å². The minimum Gasteiger partial charge on any atom is -0.193 e. The molecule has 0 saturated heterocycles. The summed E-state index contributed by atoms with van der Waals surface area (Å²) in [6.45, 7) is 5.96. The summed E-state index contributed by atoms with van der Waals surface area (Å²) in [4.78, 5) is 0. The second-order valence-corrected chi connectivity index (χ2v) is 3.20. The van der Waals surface area contributed by atoms with E-state index in [1.54, 1.807) is 6.08 Å². The molecule has 0 N–H and O–H groups in total. The van der Waals surface area contributed by atoms with Gasteiger partial charge in [-0.05, 0) is 31.3 Å². The molecule has 0 fully saturated rings. The minimum absolute atomic E-state index is 0.515. The molecule has 1 unspecified atom stereocenters. The molecule has 1 heteroatoms. The second-order valence-electron chi connectivity index (χ2n) is 3.20. The van der Waals surface area contributed by atoms with Gasteiger partial charge >= 0.3 is 0 Å². The van der Waals surface area contributed by atoms with Crippen LogP contribution in [0.2, 0.25) is 0 Å². The minimum atomic E-state index is 0.515. The van der Waals surface area contributed by atoms with E-state index < -0.39 is 0 Å². The normalized spacial score (nSPS) is 25.3. The van der Waals surface area contributed by atoms with Crippen molar-refractivity contribution in [2.75, 3.05) is 0 Å². The van der Waals surface area contributed by atoms with Gasteiger partial charge in [-0.15, -0.1) is 0 Å². The molecule has 0 aromatic carbocycles. The standard InChI is InChI=1S/C11H13N/c1-9(2)11-5-3-10(4-6-11)7-8-12/h3,5,7,11H,1,4,6H2,2H3/b10-7-. The van der Waals surface area contributed by atoms with E-state index in [-0.39, 0.29) is 0 Å². The molecule has 0 saturated carbocycles. The van der Waals surface area contributed by atoms with Gasteiger partial charge in [-0.1, -0.05) is 24.3 Å². The van der Waals surface area contributed by atoms with Crippen molar-refractivity contribution in [3.8, 4) is 6.07 Å². The second kappa shape index (κ2) is 3.92. The number of nitrogens with zero attached hydrogens (tertiary/aromatic N) is 1. The van der Waals surface area contributed by atoms with Crippen molar-refractivity contribution in [1.29, 1.82) is 5.26 Å². The molecule has 0 heterocycles. The van der Waals surface area contributed by atoms with Crippen molar-refractivity contribution in [2.45, 2.75) is 19.8 Å². The number of nitriles is 1. The van der Waals surface area contributed by atoms with Crippen LogP contribution in [0.1, 0.15) is 19.8 Å². The molecular weight excluding hydrogens is 146 g/mol. The smallest absolute Gasteiger partial charge is 0.0914 e. The Labute approximate surface area is 73.7 Å². The lowest BCUT2D eigenvalue weighted by Crippen LogP contribution is -2.02. The van der Waals surface area contributed by atoms with Crippen molar-refractivity contribution in [2.24, 2.45) is 5.92 Å². The zero-order valence-corrected chi connectivity index (χ0v) is 7.38. The van der Waals surface area contributed by atoms with E-state index in [2.05, 4.69) is 12.7 Å². The molecule has 0 aliphatic heterocycles. The summed E-state index contributed by atoms with van der Waals surface area (Å²) < 4.78 is 0. The Morgan fingerprint density at radius 3 is 3.00 bits per heavy atom. The highest BCUT2D eigenvalue weighted by atomic mass is 14.2. The van der Waals surface area contributed by atoms with Crippen LogP contribution in [0.3, 0.4) is 0 Å². The van der Waals surface area contributed by atoms with E-state index in [4.69, 9.17) is 5.26 Å². The first-order chi connectivity index (χ1) is 5.74. The molecule has 1 aliphatic carbocycles. The number of hydrogen-bond donors (Lipinski definition) is 0. The fraction of sp³-hybridized carbons (Fsp3) is 0.364. The summed E-state index contributed by atoms with van der Waals surface area (Å²) in [7, 11) is 0. The fourth-order valence-electron chi connectivity index (χ4n) is 1.36. The van der Waals surface area contributed by atoms with Crippen molar-refractivity contribution < 1.29 is 0 Å². The molecule has 0 bridgehead atoms. The first-order valence-electron chi connectivity index (χ1n) is 4.16. The zero-order valence-electron chi connectivity index (χ0n) is 7.38. The lowest BCUT2D eigenvalue weighted by molar-refractivity contribution is 0.658. The summed E-state index contributed by atoms with van der Waals surface area (Å²) in [5.41, 5.74) is 2.34. The van der Waals surface area contributed by atoms with Crippen LogP contribution in [0, 0.1) is 17.2 Å². The van der Waals surface area contributed by atoms with Crippen LogP contribution in [0.4, 0.5) is 0 Å². The molecule has 1 aliphatic rings. The molecular formula is C11H13N. The molecule has 1 atom stereocenters. The Morgan fingerprint density at radius 1 is 1.83 bits per heavy atom. The Kier molecular flexibility index (Phi) is 2.88. The van der Waals surface area contributed by atoms with Crippen molar-refractivity contribution in [1.82, 2.24) is 0 Å². The van der Waals surface area contributed by atoms with Gasteiger partial charge in [0.1, 0.15) is 0 Å². The van der Waals surface area contributed by atoms with Gasteiger partial charge < -0.3 is 0 Å². The maximum Gasteiger partial charge on any atom is 0.0914 e. The first kappa shape index (κ1) is 8.80. The summed E-state index contributed by atoms with van der Waals surface area (Å²) >= 11 is 0. The van der Waals surface area contributed by atoms with Crippen LogP contribution in [-0.2, 0) is 0 Å². The topological polar surface area (TPSA) is 23.8 Å². The summed E-state index contributed by atoms with van der Waals surface area (Å²) in [5, 5.41) is 8.42. The van der Waals surface area contributed by atoms with Gasteiger partial charge in [0.25, 0.3) is 0 Å². The Hall–Kier alpha value is -1.29. The predicted octanol–water partition coefficient (Wildman–Crippen LogP) is 2.98. The van der Waals surface area contributed by atoms with Gasteiger partial charge in [0.2, 0.25) is 0 Å². The lowest BCUT2D eigenvalue weighted by Gasteiger charge is -2.17. The van der Waals surface area contributed by atoms with E-state index in [1.807, 2.05) is 19.1 Å². The highest BCUT2D eigenvalue weighted by molar-refractivity contribution is 5.29. The first-order valence-corrected chi connectivity index (χ1v) is 4.16. The summed E-state index contributed by atoms with van der Waals surface area (Å²) in [5.74, 6) is 0.515. The Balaban J connectivity index is 2.67. The molecule has 1 nitrogen and oxygen atoms in total. The van der Waals surface area contributed by atoms with Gasteiger partial charge in [-0.3, -0.25) is 0 Å². The molecule has 0 aromatic rings. The van der Waals surface area contributed by atoms with Gasteiger partial charge in [-0.2, -0.15) is 5.26 Å². The highest BCUT2D eigenvalue weighted by Gasteiger charge is 2.10. The van der Waals surface area contributed by atoms with Crippen LogP contribution in [-0.4, -0.2) is 0 Å². The quantitative estimate of drug-likeness (QED) is 0.426. The van der Waals surface area contributed by atoms with Crippen LogP contribution >= 0.6 is 0 Å². The third-order valence-corrected chi connectivity index (χ3v) is 2.17. The van der Waals surface area contributed by atoms with Crippen LogP contribution in [0.15, 0.2) is 36.0 Å². The number of allylic oxidation sites excluding steroid dienone is 5. The van der Waals surface area contributed by atoms with E-state index in [0.29, 0.717) is 5.92 Å². The zero-order chi connectivity index (χ0) is 8.97. The molecule has 12 heavy (non-hydrogen) atoms. The molecule has 0 amide bonds. The molecule has 0 spiro atoms. The monoisotopic (exact) mass is 159 g/mol. The lowest BCUT2D eigenvalue weighted by atomic mass is 9.88. The third-order valence-electron chi connectivity index (χ3n) is 2.17. The third kappa shape index (κ3) is 2.10.